The van der Waals surface area contributed by atoms with E-state index in [0.29, 0.717) is 5.25 Å². The Balaban J connectivity index is 2.60. The maximum atomic E-state index is 7.72. The number of hydrogen-bond donors (Lipinski definition) is 0. The van der Waals surface area contributed by atoms with Gasteiger partial charge in [-0.05, 0) is 11.3 Å². The first kappa shape index (κ1) is 5.60. The third kappa shape index (κ3) is 1.90. The van der Waals surface area contributed by atoms with Crippen molar-refractivity contribution < 1.29 is 1.37 Å². The van der Waals surface area contributed by atoms with Crippen molar-refractivity contribution in [2.24, 2.45) is 5.89 Å². The standard InChI is InChI=1S/C8H12S/c1-7(2)8-5-3-4-6-9-8/h3-8H,1-2H3/i7D. The fourth-order valence-corrected chi connectivity index (χ4v) is 1.52. The molecule has 1 heterocycles. The summed E-state index contributed by atoms with van der Waals surface area (Å²) in [6, 6.07) is 0. The van der Waals surface area contributed by atoms with E-state index in [4.69, 9.17) is 1.37 Å². The average Bonchev–Trinajstić information content (AvgIpc) is 1.88. The van der Waals surface area contributed by atoms with Gasteiger partial charge in [0.25, 0.3) is 0 Å². The lowest BCUT2D eigenvalue weighted by Gasteiger charge is -2.15. The lowest BCUT2D eigenvalue weighted by atomic mass is 10.1. The second-order valence-corrected chi connectivity index (χ2v) is 3.40. The summed E-state index contributed by atoms with van der Waals surface area (Å²) in [7, 11) is 0. The van der Waals surface area contributed by atoms with Crippen LogP contribution in [0.25, 0.3) is 0 Å². The van der Waals surface area contributed by atoms with Crippen LogP contribution in [-0.4, -0.2) is 5.25 Å². The molecule has 1 aliphatic heterocycles. The highest BCUT2D eigenvalue weighted by Gasteiger charge is 2.08. The first-order valence-corrected chi connectivity index (χ1v) is 4.04. The van der Waals surface area contributed by atoms with Gasteiger partial charge in [-0.2, -0.15) is 0 Å². The predicted molar refractivity (Wildman–Crippen MR) is 44.5 cm³/mol. The molecule has 1 heteroatoms. The fraction of sp³-hybridized carbons (Fsp3) is 0.500. The zero-order valence-electron chi connectivity index (χ0n) is 6.79. The minimum atomic E-state index is -0.355. The number of hydrogen-bond acceptors (Lipinski definition) is 1. The molecule has 0 bridgehead atoms. The summed E-state index contributed by atoms with van der Waals surface area (Å²) in [6.07, 6.45) is 6.10. The summed E-state index contributed by atoms with van der Waals surface area (Å²) < 4.78 is 7.72. The molecular weight excluding hydrogens is 128 g/mol. The van der Waals surface area contributed by atoms with Crippen molar-refractivity contribution in [3.05, 3.63) is 23.6 Å². The van der Waals surface area contributed by atoms with Gasteiger partial charge in [-0.1, -0.05) is 32.1 Å². The highest BCUT2D eigenvalue weighted by atomic mass is 32.2. The molecule has 1 aliphatic rings. The van der Waals surface area contributed by atoms with Gasteiger partial charge in [0.2, 0.25) is 0 Å². The molecule has 0 amide bonds. The maximum absolute atomic E-state index is 7.72. The van der Waals surface area contributed by atoms with E-state index in [1.807, 2.05) is 31.4 Å². The second kappa shape index (κ2) is 3.11. The zero-order chi connectivity index (χ0) is 7.61. The van der Waals surface area contributed by atoms with E-state index in [1.165, 1.54) is 0 Å². The van der Waals surface area contributed by atoms with Crippen LogP contribution in [-0.2, 0) is 0 Å². The SMILES string of the molecule is [2H]C(C)(C)C1C=CC=CS1. The third-order valence-corrected chi connectivity index (χ3v) is 2.51. The molecule has 0 fully saturated rings. The molecule has 0 saturated carbocycles. The van der Waals surface area contributed by atoms with Gasteiger partial charge in [-0.3, -0.25) is 0 Å². The smallest absolute Gasteiger partial charge is 0.0312 e. The minimum absolute atomic E-state index is 0.317. The van der Waals surface area contributed by atoms with E-state index in [-0.39, 0.29) is 5.89 Å². The summed E-state index contributed by atoms with van der Waals surface area (Å²) in [5, 5.41) is 2.36. The monoisotopic (exact) mass is 141 g/mol. The summed E-state index contributed by atoms with van der Waals surface area (Å²) in [5.74, 6) is -0.355. The minimum Gasteiger partial charge on any atom is -0.126 e. The molecule has 0 aromatic rings. The molecule has 9 heavy (non-hydrogen) atoms. The largest absolute Gasteiger partial charge is 0.126 e. The molecule has 0 saturated heterocycles. The van der Waals surface area contributed by atoms with Crippen LogP contribution in [0.2, 0.25) is 0 Å². The fourth-order valence-electron chi connectivity index (χ4n) is 0.714. The van der Waals surface area contributed by atoms with Gasteiger partial charge in [-0.15, -0.1) is 11.8 Å². The Morgan fingerprint density at radius 3 is 2.67 bits per heavy atom. The van der Waals surface area contributed by atoms with Crippen molar-refractivity contribution in [1.82, 2.24) is 0 Å². The molecule has 0 aromatic heterocycles. The Hall–Kier alpha value is -0.170. The van der Waals surface area contributed by atoms with Crippen LogP contribution in [0.5, 0.6) is 0 Å². The first-order chi connectivity index (χ1) is 4.61. The van der Waals surface area contributed by atoms with Crippen LogP contribution < -0.4 is 0 Å². The van der Waals surface area contributed by atoms with Gasteiger partial charge >= 0.3 is 0 Å². The molecule has 0 radical (unpaired) electrons. The van der Waals surface area contributed by atoms with Crippen molar-refractivity contribution in [2.45, 2.75) is 19.1 Å². The molecule has 0 aliphatic carbocycles. The van der Waals surface area contributed by atoms with E-state index in [1.54, 1.807) is 11.8 Å². The van der Waals surface area contributed by atoms with Gasteiger partial charge in [0, 0.05) is 6.62 Å². The highest BCUT2D eigenvalue weighted by Crippen LogP contribution is 2.24. The summed E-state index contributed by atoms with van der Waals surface area (Å²) in [6.45, 7) is 3.88. The molecule has 1 atom stereocenters. The molecular formula is C8H12S. The Kier molecular flexibility index (Phi) is 1.94. The van der Waals surface area contributed by atoms with E-state index >= 15 is 0 Å². The molecule has 1 unspecified atom stereocenters. The lowest BCUT2D eigenvalue weighted by Crippen LogP contribution is -2.07. The molecule has 0 nitrogen and oxygen atoms in total. The highest BCUT2D eigenvalue weighted by molar-refractivity contribution is 8.02. The van der Waals surface area contributed by atoms with Crippen molar-refractivity contribution in [2.75, 3.05) is 0 Å². The molecule has 0 spiro atoms. The van der Waals surface area contributed by atoms with E-state index < -0.39 is 0 Å². The van der Waals surface area contributed by atoms with Crippen LogP contribution in [0.3, 0.4) is 0 Å². The molecule has 0 N–H and O–H groups in total. The summed E-state index contributed by atoms with van der Waals surface area (Å²) >= 11 is 1.72. The van der Waals surface area contributed by atoms with Gasteiger partial charge in [0.15, 0.2) is 0 Å². The van der Waals surface area contributed by atoms with Crippen molar-refractivity contribution in [3.63, 3.8) is 0 Å². The van der Waals surface area contributed by atoms with Crippen LogP contribution >= 0.6 is 11.8 Å². The quantitative estimate of drug-likeness (QED) is 0.541. The van der Waals surface area contributed by atoms with Gasteiger partial charge in [0.05, 0.1) is 0 Å². The Labute approximate surface area is 62.4 Å². The third-order valence-electron chi connectivity index (χ3n) is 1.27. The van der Waals surface area contributed by atoms with E-state index in [0.717, 1.165) is 0 Å². The van der Waals surface area contributed by atoms with Crippen LogP contribution in [0, 0.1) is 5.89 Å². The summed E-state index contributed by atoms with van der Waals surface area (Å²) in [5.41, 5.74) is 0. The topological polar surface area (TPSA) is 0 Å². The van der Waals surface area contributed by atoms with Gasteiger partial charge in [-0.25, -0.2) is 0 Å². The Morgan fingerprint density at radius 1 is 1.56 bits per heavy atom. The van der Waals surface area contributed by atoms with Crippen molar-refractivity contribution in [3.8, 4) is 0 Å². The predicted octanol–water partition coefficient (Wildman–Crippen LogP) is 2.83. The Morgan fingerprint density at radius 2 is 2.33 bits per heavy atom. The second-order valence-electron chi connectivity index (χ2n) is 2.35. The van der Waals surface area contributed by atoms with Gasteiger partial charge in [0.1, 0.15) is 0 Å². The van der Waals surface area contributed by atoms with Crippen LogP contribution in [0.15, 0.2) is 23.6 Å². The van der Waals surface area contributed by atoms with Crippen molar-refractivity contribution in [1.29, 1.82) is 0 Å². The lowest BCUT2D eigenvalue weighted by molar-refractivity contribution is 0.679. The van der Waals surface area contributed by atoms with Crippen molar-refractivity contribution >= 4 is 11.8 Å². The Bertz CT molecular complexity index is 165. The number of thioether (sulfide) groups is 1. The maximum Gasteiger partial charge on any atom is 0.0312 e. The first-order valence-electron chi connectivity index (χ1n) is 3.59. The average molecular weight is 141 g/mol. The van der Waals surface area contributed by atoms with Crippen LogP contribution in [0.4, 0.5) is 0 Å². The summed E-state index contributed by atoms with van der Waals surface area (Å²) in [4.78, 5) is 0. The molecule has 0 aromatic carbocycles. The molecule has 1 rings (SSSR count). The number of rotatable bonds is 1. The van der Waals surface area contributed by atoms with Crippen LogP contribution in [0.1, 0.15) is 15.2 Å². The van der Waals surface area contributed by atoms with E-state index in [9.17, 15) is 0 Å². The molecule has 50 valence electrons. The number of allylic oxidation sites excluding steroid dienone is 2. The normalized spacial score (nSPS) is 28.2. The zero-order valence-corrected chi connectivity index (χ0v) is 6.61. The van der Waals surface area contributed by atoms with E-state index in [2.05, 4.69) is 6.08 Å². The van der Waals surface area contributed by atoms with Gasteiger partial charge < -0.3 is 0 Å².